The zero-order valence-corrected chi connectivity index (χ0v) is 20.1. The van der Waals surface area contributed by atoms with Gasteiger partial charge in [0.15, 0.2) is 12.4 Å². The lowest BCUT2D eigenvalue weighted by molar-refractivity contribution is -0.139. The van der Waals surface area contributed by atoms with E-state index in [-0.39, 0.29) is 5.78 Å². The Balaban J connectivity index is 1.77. The highest BCUT2D eigenvalue weighted by Crippen LogP contribution is 2.38. The van der Waals surface area contributed by atoms with Crippen molar-refractivity contribution < 1.29 is 19.4 Å². The highest BCUT2D eigenvalue weighted by molar-refractivity contribution is 9.11. The van der Waals surface area contributed by atoms with Crippen LogP contribution in [-0.4, -0.2) is 23.5 Å². The van der Waals surface area contributed by atoms with Crippen molar-refractivity contribution in [2.45, 2.75) is 6.42 Å². The number of fused-ring (bicyclic) bond motifs is 1. The highest BCUT2D eigenvalue weighted by atomic mass is 79.9. The van der Waals surface area contributed by atoms with Crippen molar-refractivity contribution >= 4 is 65.0 Å². The quantitative estimate of drug-likeness (QED) is 0.255. The normalized spacial score (nSPS) is 10.9. The van der Waals surface area contributed by atoms with Crippen molar-refractivity contribution in [3.8, 4) is 5.75 Å². The molecule has 3 aromatic carbocycles. The lowest BCUT2D eigenvalue weighted by atomic mass is 9.97. The van der Waals surface area contributed by atoms with Crippen LogP contribution in [0.5, 0.6) is 5.75 Å². The van der Waals surface area contributed by atoms with Gasteiger partial charge in [-0.15, -0.1) is 11.3 Å². The molecule has 1 aromatic heterocycles. The molecule has 31 heavy (non-hydrogen) atoms. The van der Waals surface area contributed by atoms with Gasteiger partial charge in [-0.3, -0.25) is 4.79 Å². The van der Waals surface area contributed by atoms with Gasteiger partial charge in [-0.2, -0.15) is 0 Å². The van der Waals surface area contributed by atoms with Crippen LogP contribution in [0.1, 0.15) is 26.4 Å². The van der Waals surface area contributed by atoms with Crippen molar-refractivity contribution in [3.05, 3.63) is 97.2 Å². The van der Waals surface area contributed by atoms with Crippen molar-refractivity contribution in [3.63, 3.8) is 0 Å². The minimum atomic E-state index is -1.07. The Kier molecular flexibility index (Phi) is 6.55. The van der Waals surface area contributed by atoms with E-state index in [9.17, 15) is 9.59 Å². The molecule has 0 saturated carbocycles. The molecule has 0 atom stereocenters. The summed E-state index contributed by atoms with van der Waals surface area (Å²) in [6.07, 6.45) is 0.670. The number of carboxylic acids is 1. The largest absolute Gasteiger partial charge is 0.480 e. The molecule has 0 amide bonds. The summed E-state index contributed by atoms with van der Waals surface area (Å²) in [4.78, 5) is 25.5. The second-order valence-corrected chi connectivity index (χ2v) is 9.68. The first-order chi connectivity index (χ1) is 14.9. The van der Waals surface area contributed by atoms with Gasteiger partial charge in [0, 0.05) is 32.5 Å². The summed E-state index contributed by atoms with van der Waals surface area (Å²) in [5.41, 5.74) is 2.32. The number of aliphatic carboxylic acids is 1. The molecule has 1 heterocycles. The second kappa shape index (κ2) is 9.34. The average molecular weight is 560 g/mol. The van der Waals surface area contributed by atoms with Gasteiger partial charge in [-0.1, -0.05) is 48.5 Å². The zero-order valence-electron chi connectivity index (χ0n) is 16.1. The number of carbonyl (C=O) groups excluding carboxylic acids is 1. The molecule has 1 N–H and O–H groups in total. The van der Waals surface area contributed by atoms with E-state index in [1.165, 1.54) is 0 Å². The van der Waals surface area contributed by atoms with E-state index in [1.54, 1.807) is 23.5 Å². The van der Waals surface area contributed by atoms with E-state index in [0.29, 0.717) is 32.2 Å². The average Bonchev–Trinajstić information content (AvgIpc) is 3.10. The van der Waals surface area contributed by atoms with Crippen LogP contribution in [0.2, 0.25) is 0 Å². The van der Waals surface area contributed by atoms with E-state index < -0.39 is 12.6 Å². The van der Waals surface area contributed by atoms with Gasteiger partial charge in [-0.05, 0) is 55.6 Å². The fourth-order valence-electron chi connectivity index (χ4n) is 3.36. The Morgan fingerprint density at radius 3 is 2.26 bits per heavy atom. The van der Waals surface area contributed by atoms with Crippen LogP contribution in [0.15, 0.2) is 75.7 Å². The Morgan fingerprint density at radius 2 is 1.58 bits per heavy atom. The lowest BCUT2D eigenvalue weighted by Gasteiger charge is -2.11. The molecule has 4 rings (SSSR count). The maximum absolute atomic E-state index is 13.6. The molecular formula is C24H16Br2O4S. The maximum atomic E-state index is 13.6. The predicted octanol–water partition coefficient (Wildman–Crippen LogP) is 6.71. The monoisotopic (exact) mass is 558 g/mol. The number of ether oxygens (including phenoxy) is 1. The number of ketones is 1. The first-order valence-corrected chi connectivity index (χ1v) is 11.8. The van der Waals surface area contributed by atoms with Crippen molar-refractivity contribution in [2.24, 2.45) is 0 Å². The Labute approximate surface area is 199 Å². The summed E-state index contributed by atoms with van der Waals surface area (Å²) < 4.78 is 7.41. The first kappa shape index (κ1) is 21.7. The van der Waals surface area contributed by atoms with Crippen LogP contribution in [0.3, 0.4) is 0 Å². The number of halogens is 2. The summed E-state index contributed by atoms with van der Waals surface area (Å²) in [7, 11) is 0. The molecule has 156 valence electrons. The van der Waals surface area contributed by atoms with Gasteiger partial charge in [0.25, 0.3) is 0 Å². The molecule has 0 radical (unpaired) electrons. The SMILES string of the molecule is O=C(O)COc1c(Br)cc(C(=O)c2c(Cc3ccccc3)sc3ccccc23)cc1Br. The summed E-state index contributed by atoms with van der Waals surface area (Å²) in [6.45, 7) is -0.471. The minimum absolute atomic E-state index is 0.0884. The molecule has 4 nitrogen and oxygen atoms in total. The Hall–Kier alpha value is -2.48. The molecule has 4 aromatic rings. The van der Waals surface area contributed by atoms with Crippen molar-refractivity contribution in [2.75, 3.05) is 6.61 Å². The van der Waals surface area contributed by atoms with Gasteiger partial charge in [-0.25, -0.2) is 4.79 Å². The fourth-order valence-corrected chi connectivity index (χ4v) is 6.01. The molecule has 0 aliphatic heterocycles. The van der Waals surface area contributed by atoms with Crippen LogP contribution in [0, 0.1) is 0 Å². The van der Waals surface area contributed by atoms with Crippen molar-refractivity contribution in [1.82, 2.24) is 0 Å². The molecule has 0 bridgehead atoms. The Morgan fingerprint density at radius 1 is 0.935 bits per heavy atom. The van der Waals surface area contributed by atoms with Gasteiger partial charge in [0.05, 0.1) is 8.95 Å². The fraction of sp³-hybridized carbons (Fsp3) is 0.0833. The lowest BCUT2D eigenvalue weighted by Crippen LogP contribution is -2.11. The first-order valence-electron chi connectivity index (χ1n) is 9.36. The topological polar surface area (TPSA) is 63.6 Å². The standard InChI is InChI=1S/C24H16Br2O4S/c25-17-11-15(12-18(26)24(17)30-13-21(27)28)23(29)22-16-8-4-5-9-19(16)31-20(22)10-14-6-2-1-3-7-14/h1-9,11-12H,10,13H2,(H,27,28). The number of rotatable bonds is 7. The smallest absolute Gasteiger partial charge is 0.341 e. The molecular weight excluding hydrogens is 544 g/mol. The van der Waals surface area contributed by atoms with E-state index in [2.05, 4.69) is 44.0 Å². The third kappa shape index (κ3) is 4.74. The minimum Gasteiger partial charge on any atom is -0.480 e. The number of hydrogen-bond donors (Lipinski definition) is 1. The van der Waals surface area contributed by atoms with E-state index in [1.807, 2.05) is 42.5 Å². The predicted molar refractivity (Wildman–Crippen MR) is 129 cm³/mol. The number of hydrogen-bond acceptors (Lipinski definition) is 4. The molecule has 0 aliphatic rings. The van der Waals surface area contributed by atoms with Crippen LogP contribution in [-0.2, 0) is 11.2 Å². The number of carbonyl (C=O) groups is 2. The molecule has 0 unspecified atom stereocenters. The summed E-state index contributed by atoms with van der Waals surface area (Å²) in [5.74, 6) is -0.817. The van der Waals surface area contributed by atoms with Gasteiger partial charge in [0.1, 0.15) is 5.75 Å². The van der Waals surface area contributed by atoms with Crippen LogP contribution in [0.4, 0.5) is 0 Å². The molecule has 0 aliphatic carbocycles. The van der Waals surface area contributed by atoms with Crippen LogP contribution >= 0.6 is 43.2 Å². The van der Waals surface area contributed by atoms with Gasteiger partial charge < -0.3 is 9.84 Å². The second-order valence-electron chi connectivity index (χ2n) is 6.84. The maximum Gasteiger partial charge on any atom is 0.341 e. The molecule has 7 heteroatoms. The number of thiophene rings is 1. The number of carboxylic acid groups (broad SMARTS) is 1. The molecule has 0 spiro atoms. The summed E-state index contributed by atoms with van der Waals surface area (Å²) in [5, 5.41) is 9.80. The number of benzene rings is 3. The van der Waals surface area contributed by atoms with E-state index in [0.717, 1.165) is 20.5 Å². The molecule has 0 saturated heterocycles. The van der Waals surface area contributed by atoms with Crippen LogP contribution in [0.25, 0.3) is 10.1 Å². The zero-order chi connectivity index (χ0) is 22.0. The summed E-state index contributed by atoms with van der Waals surface area (Å²) in [6, 6.07) is 21.3. The summed E-state index contributed by atoms with van der Waals surface area (Å²) >= 11 is 8.44. The van der Waals surface area contributed by atoms with E-state index in [4.69, 9.17) is 9.84 Å². The van der Waals surface area contributed by atoms with Gasteiger partial charge >= 0.3 is 5.97 Å². The third-order valence-corrected chi connectivity index (χ3v) is 7.05. The van der Waals surface area contributed by atoms with Crippen molar-refractivity contribution in [1.29, 1.82) is 0 Å². The van der Waals surface area contributed by atoms with Crippen LogP contribution < -0.4 is 4.74 Å². The third-order valence-electron chi connectivity index (χ3n) is 4.70. The highest BCUT2D eigenvalue weighted by Gasteiger charge is 2.22. The Bertz CT molecular complexity index is 1260. The van der Waals surface area contributed by atoms with Gasteiger partial charge in [0.2, 0.25) is 0 Å². The van der Waals surface area contributed by atoms with E-state index >= 15 is 0 Å². The molecule has 0 fully saturated rings.